The number of urea groups is 1. The summed E-state index contributed by atoms with van der Waals surface area (Å²) in [5.41, 5.74) is 0.570. The van der Waals surface area contributed by atoms with Crippen LogP contribution in [-0.2, 0) is 10.0 Å². The topological polar surface area (TPSA) is 78.5 Å². The number of halogens is 2. The maximum atomic E-state index is 12.3. The molecule has 134 valence electrons. The highest BCUT2D eigenvalue weighted by molar-refractivity contribution is 7.89. The number of likely N-dealkylation sites (tertiary alicyclic amines) is 1. The van der Waals surface area contributed by atoms with Crippen molar-refractivity contribution in [2.45, 2.75) is 32.2 Å². The summed E-state index contributed by atoms with van der Waals surface area (Å²) in [6.45, 7) is 2.81. The van der Waals surface area contributed by atoms with Crippen LogP contribution in [0.3, 0.4) is 0 Å². The summed E-state index contributed by atoms with van der Waals surface area (Å²) in [5.74, 6) is 0.130. The van der Waals surface area contributed by atoms with Crippen LogP contribution in [0.15, 0.2) is 18.2 Å². The zero-order chi connectivity index (χ0) is 17.7. The first-order chi connectivity index (χ1) is 11.3. The summed E-state index contributed by atoms with van der Waals surface area (Å²) in [7, 11) is -3.22. The van der Waals surface area contributed by atoms with Crippen LogP contribution < -0.4 is 10.0 Å². The van der Waals surface area contributed by atoms with Crippen molar-refractivity contribution in [1.29, 1.82) is 0 Å². The van der Waals surface area contributed by atoms with E-state index in [9.17, 15) is 13.2 Å². The van der Waals surface area contributed by atoms with Gasteiger partial charge < -0.3 is 10.2 Å². The number of benzene rings is 1. The second-order valence-electron chi connectivity index (χ2n) is 5.76. The monoisotopic (exact) mass is 393 g/mol. The summed E-state index contributed by atoms with van der Waals surface area (Å²) >= 11 is 11.8. The van der Waals surface area contributed by atoms with Gasteiger partial charge in [0.1, 0.15) is 0 Å². The van der Waals surface area contributed by atoms with Crippen LogP contribution in [0.25, 0.3) is 0 Å². The van der Waals surface area contributed by atoms with Gasteiger partial charge in [0.2, 0.25) is 10.0 Å². The third-order valence-corrected chi connectivity index (χ3v) is 6.15. The van der Waals surface area contributed by atoms with Crippen LogP contribution in [0.1, 0.15) is 26.2 Å². The fraction of sp³-hybridized carbons (Fsp3) is 0.533. The SMILES string of the molecule is CCCS(=O)(=O)NC1CCN(C(=O)Nc2ccc(Cl)c(Cl)c2)CC1. The van der Waals surface area contributed by atoms with Crippen molar-refractivity contribution in [3.05, 3.63) is 28.2 Å². The van der Waals surface area contributed by atoms with Crippen LogP contribution in [0.2, 0.25) is 10.0 Å². The summed E-state index contributed by atoms with van der Waals surface area (Å²) in [6.07, 6.45) is 1.77. The molecule has 2 rings (SSSR count). The Balaban J connectivity index is 1.85. The average molecular weight is 394 g/mol. The molecule has 1 aliphatic rings. The lowest BCUT2D eigenvalue weighted by molar-refractivity contribution is 0.193. The van der Waals surface area contributed by atoms with Gasteiger partial charge in [-0.1, -0.05) is 30.1 Å². The fourth-order valence-corrected chi connectivity index (χ4v) is 4.26. The number of carbonyl (C=O) groups excluding carboxylic acids is 1. The van der Waals surface area contributed by atoms with E-state index in [1.807, 2.05) is 6.92 Å². The first kappa shape index (κ1) is 19.3. The Morgan fingerprint density at radius 2 is 1.92 bits per heavy atom. The highest BCUT2D eigenvalue weighted by Crippen LogP contribution is 2.25. The molecule has 1 heterocycles. The van der Waals surface area contributed by atoms with Crippen LogP contribution in [0.5, 0.6) is 0 Å². The standard InChI is InChI=1S/C15H21Cl2N3O3S/c1-2-9-24(22,23)19-11-5-7-20(8-6-11)15(21)18-12-3-4-13(16)14(17)10-12/h3-4,10-11,19H,2,5-9H2,1H3,(H,18,21). The molecule has 0 aliphatic carbocycles. The Kier molecular flexibility index (Phi) is 6.74. The van der Waals surface area contributed by atoms with E-state index in [1.165, 1.54) is 0 Å². The normalized spacial score (nSPS) is 16.2. The second kappa shape index (κ2) is 8.38. The van der Waals surface area contributed by atoms with E-state index < -0.39 is 10.0 Å². The zero-order valence-corrected chi connectivity index (χ0v) is 15.7. The molecule has 1 fully saturated rings. The lowest BCUT2D eigenvalue weighted by Crippen LogP contribution is -2.48. The van der Waals surface area contributed by atoms with Gasteiger partial charge >= 0.3 is 6.03 Å². The van der Waals surface area contributed by atoms with E-state index in [2.05, 4.69) is 10.0 Å². The van der Waals surface area contributed by atoms with Crippen LogP contribution >= 0.6 is 23.2 Å². The number of hydrogen-bond donors (Lipinski definition) is 2. The van der Waals surface area contributed by atoms with E-state index in [0.717, 1.165) is 0 Å². The molecule has 1 aromatic carbocycles. The van der Waals surface area contributed by atoms with Gasteiger partial charge in [-0.15, -0.1) is 0 Å². The molecule has 0 radical (unpaired) electrons. The molecule has 0 bridgehead atoms. The van der Waals surface area contributed by atoms with Gasteiger partial charge in [0.05, 0.1) is 15.8 Å². The molecule has 0 spiro atoms. The Labute approximate surface area is 152 Å². The summed E-state index contributed by atoms with van der Waals surface area (Å²) in [4.78, 5) is 13.9. The lowest BCUT2D eigenvalue weighted by Gasteiger charge is -2.32. The smallest absolute Gasteiger partial charge is 0.321 e. The maximum Gasteiger partial charge on any atom is 0.321 e. The number of anilines is 1. The summed E-state index contributed by atoms with van der Waals surface area (Å²) in [5, 5.41) is 3.57. The molecular formula is C15H21Cl2N3O3S. The van der Waals surface area contributed by atoms with Crippen molar-refractivity contribution >= 4 is 44.9 Å². The maximum absolute atomic E-state index is 12.3. The van der Waals surface area contributed by atoms with Gasteiger partial charge in [0.15, 0.2) is 0 Å². The van der Waals surface area contributed by atoms with Crippen molar-refractivity contribution in [1.82, 2.24) is 9.62 Å². The van der Waals surface area contributed by atoms with E-state index in [-0.39, 0.29) is 17.8 Å². The molecule has 2 N–H and O–H groups in total. The minimum atomic E-state index is -3.22. The first-order valence-corrected chi connectivity index (χ1v) is 10.2. The number of hydrogen-bond acceptors (Lipinski definition) is 3. The number of nitrogens with zero attached hydrogens (tertiary/aromatic N) is 1. The Morgan fingerprint density at radius 1 is 1.25 bits per heavy atom. The third kappa shape index (κ3) is 5.51. The van der Waals surface area contributed by atoms with Gasteiger partial charge in [0.25, 0.3) is 0 Å². The Morgan fingerprint density at radius 3 is 2.50 bits per heavy atom. The van der Waals surface area contributed by atoms with Crippen molar-refractivity contribution in [3.63, 3.8) is 0 Å². The number of carbonyl (C=O) groups is 1. The molecule has 0 unspecified atom stereocenters. The van der Waals surface area contributed by atoms with Gasteiger partial charge in [0, 0.05) is 24.8 Å². The quantitative estimate of drug-likeness (QED) is 0.804. The Bertz CT molecular complexity index is 689. The van der Waals surface area contributed by atoms with Crippen LogP contribution in [0, 0.1) is 0 Å². The molecule has 1 aromatic rings. The molecule has 1 saturated heterocycles. The third-order valence-electron chi connectivity index (χ3n) is 3.77. The van der Waals surface area contributed by atoms with Crippen molar-refractivity contribution < 1.29 is 13.2 Å². The fourth-order valence-electron chi connectivity index (χ4n) is 2.56. The average Bonchev–Trinajstić information content (AvgIpc) is 2.51. The molecule has 0 saturated carbocycles. The zero-order valence-electron chi connectivity index (χ0n) is 13.4. The van der Waals surface area contributed by atoms with E-state index in [1.54, 1.807) is 23.1 Å². The molecule has 2 amide bonds. The van der Waals surface area contributed by atoms with Crippen molar-refractivity contribution in [2.75, 3.05) is 24.2 Å². The predicted octanol–water partition coefficient (Wildman–Crippen LogP) is 3.32. The largest absolute Gasteiger partial charge is 0.324 e. The van der Waals surface area contributed by atoms with E-state index in [4.69, 9.17) is 23.2 Å². The summed E-state index contributed by atoms with van der Waals surface area (Å²) in [6, 6.07) is 4.54. The molecule has 6 nitrogen and oxygen atoms in total. The molecule has 0 aromatic heterocycles. The highest BCUT2D eigenvalue weighted by Gasteiger charge is 2.25. The second-order valence-corrected chi connectivity index (χ2v) is 8.44. The van der Waals surface area contributed by atoms with E-state index >= 15 is 0 Å². The summed E-state index contributed by atoms with van der Waals surface area (Å²) < 4.78 is 26.3. The van der Waals surface area contributed by atoms with Crippen molar-refractivity contribution in [2.24, 2.45) is 0 Å². The van der Waals surface area contributed by atoms with Crippen molar-refractivity contribution in [3.8, 4) is 0 Å². The number of rotatable bonds is 5. The number of nitrogens with one attached hydrogen (secondary N) is 2. The van der Waals surface area contributed by atoms with Crippen LogP contribution in [-0.4, -0.2) is 44.2 Å². The predicted molar refractivity (Wildman–Crippen MR) is 97.3 cm³/mol. The van der Waals surface area contributed by atoms with Crippen LogP contribution in [0.4, 0.5) is 10.5 Å². The minimum absolute atomic E-state index is 0.115. The number of piperidine rings is 1. The molecule has 0 atom stereocenters. The number of amides is 2. The molecular weight excluding hydrogens is 373 g/mol. The van der Waals surface area contributed by atoms with Gasteiger partial charge in [-0.2, -0.15) is 0 Å². The molecule has 1 aliphatic heterocycles. The number of sulfonamides is 1. The first-order valence-electron chi connectivity index (χ1n) is 7.81. The lowest BCUT2D eigenvalue weighted by atomic mass is 10.1. The molecule has 24 heavy (non-hydrogen) atoms. The van der Waals surface area contributed by atoms with E-state index in [0.29, 0.717) is 48.1 Å². The molecule has 9 heteroatoms. The minimum Gasteiger partial charge on any atom is -0.324 e. The van der Waals surface area contributed by atoms with Gasteiger partial charge in [-0.05, 0) is 37.5 Å². The van der Waals surface area contributed by atoms with Gasteiger partial charge in [-0.3, -0.25) is 0 Å². The van der Waals surface area contributed by atoms with Gasteiger partial charge in [-0.25, -0.2) is 17.9 Å². The Hall–Kier alpha value is -1.02. The highest BCUT2D eigenvalue weighted by atomic mass is 35.5.